The lowest BCUT2D eigenvalue weighted by molar-refractivity contribution is -0.144. The normalized spacial score (nSPS) is 14.7. The van der Waals surface area contributed by atoms with E-state index >= 15 is 0 Å². The molecule has 0 radical (unpaired) electrons. The Morgan fingerprint density at radius 2 is 1.62 bits per heavy atom. The van der Waals surface area contributed by atoms with Crippen LogP contribution in [0.15, 0.2) is 72.8 Å². The number of carbonyl (C=O) groups excluding carboxylic acids is 2. The zero-order chi connectivity index (χ0) is 20.2. The summed E-state index contributed by atoms with van der Waals surface area (Å²) in [6, 6.07) is 21.0. The molecular weight excluding hydrogens is 370 g/mol. The maximum atomic E-state index is 12.4. The van der Waals surface area contributed by atoms with Crippen LogP contribution in [0.25, 0.3) is 0 Å². The van der Waals surface area contributed by atoms with Gasteiger partial charge in [-0.1, -0.05) is 29.8 Å². The van der Waals surface area contributed by atoms with Crippen molar-refractivity contribution in [3.05, 3.63) is 83.9 Å². The molecule has 1 heterocycles. The molecule has 1 atom stereocenters. The third-order valence-electron chi connectivity index (χ3n) is 4.42. The summed E-state index contributed by atoms with van der Waals surface area (Å²) in [7, 11) is 0. The van der Waals surface area contributed by atoms with Crippen molar-refractivity contribution in [2.24, 2.45) is 0 Å². The van der Waals surface area contributed by atoms with Crippen LogP contribution in [0.2, 0.25) is 0 Å². The van der Waals surface area contributed by atoms with Crippen molar-refractivity contribution in [1.29, 1.82) is 0 Å². The molecule has 0 unspecified atom stereocenters. The number of aryl methyl sites for hydroxylation is 1. The van der Waals surface area contributed by atoms with Crippen LogP contribution in [0.5, 0.6) is 17.2 Å². The molecule has 0 bridgehead atoms. The van der Waals surface area contributed by atoms with Crippen LogP contribution in [0, 0.1) is 6.92 Å². The van der Waals surface area contributed by atoms with Crippen LogP contribution in [0.4, 0.5) is 5.69 Å². The number of carbonyl (C=O) groups is 2. The van der Waals surface area contributed by atoms with Crippen LogP contribution in [-0.4, -0.2) is 24.6 Å². The average Bonchev–Trinajstić information content (AvgIpc) is 2.75. The quantitative estimate of drug-likeness (QED) is 0.539. The van der Waals surface area contributed by atoms with Gasteiger partial charge in [0.05, 0.1) is 0 Å². The van der Waals surface area contributed by atoms with Crippen molar-refractivity contribution in [3.8, 4) is 17.2 Å². The van der Waals surface area contributed by atoms with Crippen LogP contribution in [-0.2, 0) is 4.79 Å². The Labute approximate surface area is 168 Å². The van der Waals surface area contributed by atoms with E-state index in [0.29, 0.717) is 28.5 Å². The van der Waals surface area contributed by atoms with Gasteiger partial charge in [0.15, 0.2) is 11.5 Å². The van der Waals surface area contributed by atoms with Gasteiger partial charge in [0, 0.05) is 11.3 Å². The Kier molecular flexibility index (Phi) is 5.16. The predicted molar refractivity (Wildman–Crippen MR) is 108 cm³/mol. The number of amides is 1. The molecule has 0 saturated heterocycles. The molecule has 0 spiro atoms. The number of rotatable bonds is 4. The van der Waals surface area contributed by atoms with Gasteiger partial charge in [0.2, 0.25) is 6.10 Å². The second kappa shape index (κ2) is 8.06. The lowest BCUT2D eigenvalue weighted by Gasteiger charge is -2.24. The maximum absolute atomic E-state index is 12.4. The standard InChI is InChI=1S/C23H19NO5/c1-15-6-10-17(11-7-15)24-22(25)16-8-12-18(13-9-16)28-23(26)21-14-27-19-4-2-3-5-20(19)29-21/h2-13,21H,14H2,1H3,(H,24,25)/t21-/m0/s1. The molecule has 1 aliphatic rings. The van der Waals surface area contributed by atoms with Gasteiger partial charge in [-0.3, -0.25) is 4.79 Å². The van der Waals surface area contributed by atoms with Gasteiger partial charge in [0.25, 0.3) is 5.91 Å². The van der Waals surface area contributed by atoms with Crippen molar-refractivity contribution < 1.29 is 23.8 Å². The summed E-state index contributed by atoms with van der Waals surface area (Å²) in [5.74, 6) is 0.623. The molecule has 146 valence electrons. The van der Waals surface area contributed by atoms with Gasteiger partial charge in [-0.15, -0.1) is 0 Å². The largest absolute Gasteiger partial charge is 0.485 e. The molecule has 6 heteroatoms. The second-order valence-electron chi connectivity index (χ2n) is 6.63. The Morgan fingerprint density at radius 3 is 2.34 bits per heavy atom. The van der Waals surface area contributed by atoms with Crippen LogP contribution in [0.1, 0.15) is 15.9 Å². The number of ether oxygens (including phenoxy) is 3. The fraction of sp³-hybridized carbons (Fsp3) is 0.130. The molecular formula is C23H19NO5. The number of para-hydroxylation sites is 2. The maximum Gasteiger partial charge on any atom is 0.356 e. The van der Waals surface area contributed by atoms with Crippen LogP contribution in [0.3, 0.4) is 0 Å². The number of nitrogens with one attached hydrogen (secondary N) is 1. The first kappa shape index (κ1) is 18.6. The molecule has 6 nitrogen and oxygen atoms in total. The van der Waals surface area contributed by atoms with E-state index in [-0.39, 0.29) is 12.5 Å². The number of hydrogen-bond donors (Lipinski definition) is 1. The van der Waals surface area contributed by atoms with E-state index in [4.69, 9.17) is 14.2 Å². The van der Waals surface area contributed by atoms with Crippen LogP contribution >= 0.6 is 0 Å². The summed E-state index contributed by atoms with van der Waals surface area (Å²) in [5, 5.41) is 2.82. The Morgan fingerprint density at radius 1 is 0.931 bits per heavy atom. The van der Waals surface area contributed by atoms with Crippen LogP contribution < -0.4 is 19.5 Å². The van der Waals surface area contributed by atoms with Gasteiger partial charge in [-0.05, 0) is 55.5 Å². The molecule has 1 aliphatic heterocycles. The van der Waals surface area contributed by atoms with E-state index in [1.54, 1.807) is 42.5 Å². The van der Waals surface area contributed by atoms with Crippen molar-refractivity contribution in [3.63, 3.8) is 0 Å². The minimum absolute atomic E-state index is 0.0763. The smallest absolute Gasteiger partial charge is 0.356 e. The summed E-state index contributed by atoms with van der Waals surface area (Å²) in [4.78, 5) is 24.7. The number of anilines is 1. The SMILES string of the molecule is Cc1ccc(NC(=O)c2ccc(OC(=O)[C@@H]3COc4ccccc4O3)cc2)cc1. The molecule has 4 rings (SSSR count). The lowest BCUT2D eigenvalue weighted by Crippen LogP contribution is -2.39. The van der Waals surface area contributed by atoms with Crippen molar-refractivity contribution >= 4 is 17.6 Å². The van der Waals surface area contributed by atoms with E-state index in [0.717, 1.165) is 5.56 Å². The second-order valence-corrected chi connectivity index (χ2v) is 6.63. The zero-order valence-corrected chi connectivity index (χ0v) is 15.8. The van der Waals surface area contributed by atoms with Crippen molar-refractivity contribution in [2.75, 3.05) is 11.9 Å². The number of hydrogen-bond acceptors (Lipinski definition) is 5. The van der Waals surface area contributed by atoms with E-state index in [2.05, 4.69) is 5.32 Å². The first-order valence-corrected chi connectivity index (χ1v) is 9.17. The molecule has 0 aliphatic carbocycles. The molecule has 0 aromatic heterocycles. The van der Waals surface area contributed by atoms with E-state index in [1.165, 1.54) is 0 Å². The molecule has 3 aromatic rings. The lowest BCUT2D eigenvalue weighted by atomic mass is 10.2. The fourth-order valence-electron chi connectivity index (χ4n) is 2.83. The summed E-state index contributed by atoms with van der Waals surface area (Å²) in [6.45, 7) is 2.06. The topological polar surface area (TPSA) is 73.9 Å². The highest BCUT2D eigenvalue weighted by Gasteiger charge is 2.29. The summed E-state index contributed by atoms with van der Waals surface area (Å²) in [5.41, 5.74) is 2.28. The monoisotopic (exact) mass is 389 g/mol. The fourth-order valence-corrected chi connectivity index (χ4v) is 2.83. The van der Waals surface area contributed by atoms with Crippen molar-refractivity contribution in [2.45, 2.75) is 13.0 Å². The third-order valence-corrected chi connectivity index (χ3v) is 4.42. The first-order chi connectivity index (χ1) is 14.1. The number of esters is 1. The highest BCUT2D eigenvalue weighted by Crippen LogP contribution is 2.31. The Balaban J connectivity index is 1.36. The summed E-state index contributed by atoms with van der Waals surface area (Å²) < 4.78 is 16.5. The zero-order valence-electron chi connectivity index (χ0n) is 15.8. The molecule has 29 heavy (non-hydrogen) atoms. The molecule has 1 amide bonds. The van der Waals surface area contributed by atoms with Gasteiger partial charge in [-0.2, -0.15) is 0 Å². The van der Waals surface area contributed by atoms with Gasteiger partial charge in [0.1, 0.15) is 12.4 Å². The molecule has 1 N–H and O–H groups in total. The Hall–Kier alpha value is -3.80. The number of benzene rings is 3. The van der Waals surface area contributed by atoms with E-state index in [9.17, 15) is 9.59 Å². The minimum atomic E-state index is -0.852. The van der Waals surface area contributed by atoms with Gasteiger partial charge < -0.3 is 19.5 Å². The molecule has 0 saturated carbocycles. The first-order valence-electron chi connectivity index (χ1n) is 9.17. The highest BCUT2D eigenvalue weighted by molar-refractivity contribution is 6.04. The van der Waals surface area contributed by atoms with Gasteiger partial charge in [-0.25, -0.2) is 4.79 Å². The summed E-state index contributed by atoms with van der Waals surface area (Å²) in [6.07, 6.45) is -0.852. The van der Waals surface area contributed by atoms with E-state index in [1.807, 2.05) is 37.3 Å². The third kappa shape index (κ3) is 4.38. The molecule has 0 fully saturated rings. The van der Waals surface area contributed by atoms with Gasteiger partial charge >= 0.3 is 5.97 Å². The summed E-state index contributed by atoms with van der Waals surface area (Å²) >= 11 is 0. The van der Waals surface area contributed by atoms with Crippen molar-refractivity contribution in [1.82, 2.24) is 0 Å². The van der Waals surface area contributed by atoms with E-state index < -0.39 is 12.1 Å². The highest BCUT2D eigenvalue weighted by atomic mass is 16.6. The minimum Gasteiger partial charge on any atom is -0.485 e. The predicted octanol–water partition coefficient (Wildman–Crippen LogP) is 3.99. The molecule has 3 aromatic carbocycles. The average molecular weight is 389 g/mol. The number of fused-ring (bicyclic) bond motifs is 1. The Bertz CT molecular complexity index is 1030.